The first-order valence-corrected chi connectivity index (χ1v) is 6.11. The number of aldehydes is 1. The summed E-state index contributed by atoms with van der Waals surface area (Å²) in [6.45, 7) is 0. The molecule has 0 aliphatic heterocycles. The number of hydrogen-bond donors (Lipinski definition) is 0. The van der Waals surface area contributed by atoms with E-state index in [-0.39, 0.29) is 0 Å². The molecule has 0 unspecified atom stereocenters. The first kappa shape index (κ1) is 10.6. The number of fused-ring (bicyclic) bond motifs is 3. The Bertz CT molecular complexity index is 752. The number of carbonyl (C=O) groups excluding carboxylic acids is 1. The minimum atomic E-state index is 0.704. The van der Waals surface area contributed by atoms with E-state index in [1.54, 1.807) is 0 Å². The van der Waals surface area contributed by atoms with Crippen LogP contribution in [0.15, 0.2) is 28.7 Å². The molecule has 2 aromatic heterocycles. The summed E-state index contributed by atoms with van der Waals surface area (Å²) in [5.74, 6) is 0. The molecule has 17 heavy (non-hydrogen) atoms. The van der Waals surface area contributed by atoms with Crippen LogP contribution in [0.1, 0.15) is 10.5 Å². The number of nitrogens with zero attached hydrogens (tertiary/aromatic N) is 2. The molecular weight excluding hydrogens is 280 g/mol. The fourth-order valence-corrected chi connectivity index (χ4v) is 2.80. The van der Waals surface area contributed by atoms with Crippen molar-refractivity contribution in [1.29, 1.82) is 0 Å². The molecule has 0 fully saturated rings. The van der Waals surface area contributed by atoms with Gasteiger partial charge >= 0.3 is 0 Å². The molecule has 0 spiro atoms. The number of carbonyl (C=O) groups is 1. The van der Waals surface area contributed by atoms with Gasteiger partial charge in [0.2, 0.25) is 0 Å². The minimum absolute atomic E-state index is 0.704. The van der Waals surface area contributed by atoms with Gasteiger partial charge in [0.25, 0.3) is 0 Å². The molecule has 2 heterocycles. The van der Waals surface area contributed by atoms with Crippen LogP contribution < -0.4 is 0 Å². The van der Waals surface area contributed by atoms with Crippen molar-refractivity contribution >= 4 is 44.2 Å². The van der Waals surface area contributed by atoms with Crippen LogP contribution in [-0.4, -0.2) is 15.4 Å². The Morgan fingerprint density at radius 3 is 2.59 bits per heavy atom. The third-order valence-electron chi connectivity index (χ3n) is 3.29. The van der Waals surface area contributed by atoms with Gasteiger partial charge in [0.1, 0.15) is 5.65 Å². The van der Waals surface area contributed by atoms with Gasteiger partial charge < -0.3 is 9.13 Å². The summed E-state index contributed by atoms with van der Waals surface area (Å²) in [5.41, 5.74) is 2.94. The Labute approximate surface area is 107 Å². The predicted octanol–water partition coefficient (Wildman–Crippen LogP) is 3.25. The van der Waals surface area contributed by atoms with Crippen LogP contribution >= 0.6 is 15.9 Å². The predicted molar refractivity (Wildman–Crippen MR) is 72.5 cm³/mol. The lowest BCUT2D eigenvalue weighted by Crippen LogP contribution is -1.99. The van der Waals surface area contributed by atoms with Crippen LogP contribution in [0.3, 0.4) is 0 Å². The highest BCUT2D eigenvalue weighted by Gasteiger charge is 2.14. The van der Waals surface area contributed by atoms with Crippen molar-refractivity contribution in [2.75, 3.05) is 0 Å². The van der Waals surface area contributed by atoms with E-state index in [9.17, 15) is 4.79 Å². The van der Waals surface area contributed by atoms with E-state index in [0.717, 1.165) is 27.3 Å². The van der Waals surface area contributed by atoms with Crippen molar-refractivity contribution in [3.8, 4) is 0 Å². The van der Waals surface area contributed by atoms with Crippen LogP contribution in [0.4, 0.5) is 0 Å². The summed E-state index contributed by atoms with van der Waals surface area (Å²) in [6.07, 6.45) is 0.894. The summed E-state index contributed by atoms with van der Waals surface area (Å²) in [4.78, 5) is 11.0. The second-order valence-corrected chi connectivity index (χ2v) is 5.12. The van der Waals surface area contributed by atoms with E-state index < -0.39 is 0 Å². The van der Waals surface area contributed by atoms with Crippen LogP contribution in [0.5, 0.6) is 0 Å². The SMILES string of the molecule is Cn1c(C=O)cc2c3ccc(Br)cc3n(C)c21. The van der Waals surface area contributed by atoms with Gasteiger partial charge in [-0.05, 0) is 18.2 Å². The quantitative estimate of drug-likeness (QED) is 0.632. The smallest absolute Gasteiger partial charge is 0.166 e. The lowest BCUT2D eigenvalue weighted by molar-refractivity contribution is 0.111. The second kappa shape index (κ2) is 3.47. The van der Waals surface area contributed by atoms with E-state index in [1.807, 2.05) is 30.8 Å². The topological polar surface area (TPSA) is 26.9 Å². The zero-order chi connectivity index (χ0) is 12.2. The summed E-state index contributed by atoms with van der Waals surface area (Å²) in [6, 6.07) is 8.14. The van der Waals surface area contributed by atoms with Gasteiger partial charge in [0.15, 0.2) is 6.29 Å². The molecule has 0 amide bonds. The van der Waals surface area contributed by atoms with Crippen LogP contribution in [0.2, 0.25) is 0 Å². The molecule has 0 saturated heterocycles. The van der Waals surface area contributed by atoms with E-state index >= 15 is 0 Å². The summed E-state index contributed by atoms with van der Waals surface area (Å²) < 4.78 is 5.10. The minimum Gasteiger partial charge on any atom is -0.330 e. The molecule has 0 bridgehead atoms. The van der Waals surface area contributed by atoms with Gasteiger partial charge in [-0.2, -0.15) is 0 Å². The van der Waals surface area contributed by atoms with Gasteiger partial charge in [0, 0.05) is 29.3 Å². The van der Waals surface area contributed by atoms with Gasteiger partial charge in [-0.15, -0.1) is 0 Å². The Kier molecular flexibility index (Phi) is 2.16. The Morgan fingerprint density at radius 2 is 1.88 bits per heavy atom. The maximum atomic E-state index is 11.0. The highest BCUT2D eigenvalue weighted by Crippen LogP contribution is 2.31. The molecule has 3 nitrogen and oxygen atoms in total. The standard InChI is InChI=1S/C13H11BrN2O/c1-15-9(7-17)6-11-10-4-3-8(14)5-12(10)16(2)13(11)15/h3-7H,1-2H3. The monoisotopic (exact) mass is 290 g/mol. The third kappa shape index (κ3) is 1.30. The normalized spacial score (nSPS) is 11.5. The number of aromatic nitrogens is 2. The summed E-state index contributed by atoms with van der Waals surface area (Å²) in [5, 5.41) is 2.30. The van der Waals surface area contributed by atoms with Gasteiger partial charge in [0.05, 0.1) is 11.2 Å². The molecule has 0 radical (unpaired) electrons. The van der Waals surface area contributed by atoms with Crippen LogP contribution in [-0.2, 0) is 14.1 Å². The zero-order valence-electron chi connectivity index (χ0n) is 9.57. The van der Waals surface area contributed by atoms with Crippen molar-refractivity contribution in [2.45, 2.75) is 0 Å². The number of halogens is 1. The molecule has 86 valence electrons. The highest BCUT2D eigenvalue weighted by atomic mass is 79.9. The molecular formula is C13H11BrN2O. The van der Waals surface area contributed by atoms with E-state index in [0.29, 0.717) is 5.69 Å². The highest BCUT2D eigenvalue weighted by molar-refractivity contribution is 9.10. The van der Waals surface area contributed by atoms with Gasteiger partial charge in [-0.3, -0.25) is 4.79 Å². The summed E-state index contributed by atoms with van der Waals surface area (Å²) in [7, 11) is 3.94. The summed E-state index contributed by atoms with van der Waals surface area (Å²) >= 11 is 3.48. The number of aryl methyl sites for hydroxylation is 2. The maximum absolute atomic E-state index is 11.0. The largest absolute Gasteiger partial charge is 0.330 e. The first-order valence-electron chi connectivity index (χ1n) is 5.32. The van der Waals surface area contributed by atoms with E-state index in [1.165, 1.54) is 5.39 Å². The zero-order valence-corrected chi connectivity index (χ0v) is 11.2. The number of benzene rings is 1. The molecule has 0 saturated carbocycles. The van der Waals surface area contributed by atoms with Crippen molar-refractivity contribution in [3.05, 3.63) is 34.4 Å². The maximum Gasteiger partial charge on any atom is 0.166 e. The fourth-order valence-electron chi connectivity index (χ4n) is 2.45. The molecule has 3 aromatic rings. The molecule has 1 aromatic carbocycles. The van der Waals surface area contributed by atoms with Crippen molar-refractivity contribution in [1.82, 2.24) is 9.13 Å². The number of rotatable bonds is 1. The Hall–Kier alpha value is -1.55. The molecule has 0 atom stereocenters. The molecule has 3 rings (SSSR count). The lowest BCUT2D eigenvalue weighted by atomic mass is 10.2. The Morgan fingerprint density at radius 1 is 1.12 bits per heavy atom. The average Bonchev–Trinajstić information content (AvgIpc) is 2.77. The number of hydrogen-bond acceptors (Lipinski definition) is 1. The molecule has 0 aliphatic rings. The average molecular weight is 291 g/mol. The van der Waals surface area contributed by atoms with Crippen molar-refractivity contribution in [2.24, 2.45) is 14.1 Å². The van der Waals surface area contributed by atoms with Gasteiger partial charge in [-0.25, -0.2) is 0 Å². The fraction of sp³-hybridized carbons (Fsp3) is 0.154. The molecule has 4 heteroatoms. The van der Waals surface area contributed by atoms with Crippen molar-refractivity contribution < 1.29 is 4.79 Å². The van der Waals surface area contributed by atoms with Gasteiger partial charge in [-0.1, -0.05) is 22.0 Å². The van der Waals surface area contributed by atoms with Crippen molar-refractivity contribution in [3.63, 3.8) is 0 Å². The first-order chi connectivity index (χ1) is 8.13. The van der Waals surface area contributed by atoms with Crippen LogP contribution in [0.25, 0.3) is 21.9 Å². The lowest BCUT2D eigenvalue weighted by Gasteiger charge is -2.02. The second-order valence-electron chi connectivity index (χ2n) is 4.20. The molecule has 0 N–H and O–H groups in total. The third-order valence-corrected chi connectivity index (χ3v) is 3.78. The van der Waals surface area contributed by atoms with E-state index in [2.05, 4.69) is 32.6 Å². The van der Waals surface area contributed by atoms with E-state index in [4.69, 9.17) is 0 Å². The molecule has 0 aliphatic carbocycles. The Balaban J connectivity index is 2.57. The van der Waals surface area contributed by atoms with Crippen LogP contribution in [0, 0.1) is 0 Å².